The van der Waals surface area contributed by atoms with E-state index in [0.717, 1.165) is 12.8 Å². The summed E-state index contributed by atoms with van der Waals surface area (Å²) in [6.45, 7) is 0.697. The van der Waals surface area contributed by atoms with Gasteiger partial charge in [-0.15, -0.1) is 11.3 Å². The Labute approximate surface area is 112 Å². The zero-order valence-corrected chi connectivity index (χ0v) is 11.3. The van der Waals surface area contributed by atoms with Crippen LogP contribution in [0.3, 0.4) is 0 Å². The molecule has 1 aromatic heterocycles. The van der Waals surface area contributed by atoms with E-state index in [1.807, 2.05) is 0 Å². The molecule has 2 atom stereocenters. The standard InChI is InChI=1S/C15H19NOS/c16-13-6-2-3-7-14(13)17-9-11-10-18-15-8-4-1-5-12(11)15/h1,4-5,8,10,13-14H,2-3,6-7,9,16H2. The van der Waals surface area contributed by atoms with Crippen LogP contribution in [0.5, 0.6) is 0 Å². The van der Waals surface area contributed by atoms with Gasteiger partial charge in [0.15, 0.2) is 0 Å². The zero-order valence-electron chi connectivity index (χ0n) is 10.5. The Balaban J connectivity index is 1.69. The second-order valence-electron chi connectivity index (χ2n) is 5.05. The van der Waals surface area contributed by atoms with E-state index < -0.39 is 0 Å². The van der Waals surface area contributed by atoms with Crippen LogP contribution in [0.2, 0.25) is 0 Å². The predicted molar refractivity (Wildman–Crippen MR) is 76.8 cm³/mol. The lowest BCUT2D eigenvalue weighted by Gasteiger charge is -2.28. The highest BCUT2D eigenvalue weighted by Crippen LogP contribution is 2.27. The second-order valence-corrected chi connectivity index (χ2v) is 5.97. The van der Waals surface area contributed by atoms with Gasteiger partial charge in [-0.1, -0.05) is 31.0 Å². The van der Waals surface area contributed by atoms with Crippen LogP contribution in [-0.4, -0.2) is 12.1 Å². The average Bonchev–Trinajstić information content (AvgIpc) is 2.81. The van der Waals surface area contributed by atoms with E-state index in [-0.39, 0.29) is 12.1 Å². The van der Waals surface area contributed by atoms with E-state index in [1.54, 1.807) is 11.3 Å². The van der Waals surface area contributed by atoms with Crippen molar-refractivity contribution in [2.45, 2.75) is 44.4 Å². The number of nitrogens with two attached hydrogens (primary N) is 1. The quantitative estimate of drug-likeness (QED) is 0.914. The van der Waals surface area contributed by atoms with Crippen molar-refractivity contribution in [2.75, 3.05) is 0 Å². The summed E-state index contributed by atoms with van der Waals surface area (Å²) in [6.07, 6.45) is 4.97. The summed E-state index contributed by atoms with van der Waals surface area (Å²) in [6, 6.07) is 8.73. The van der Waals surface area contributed by atoms with E-state index >= 15 is 0 Å². The third kappa shape index (κ3) is 2.44. The van der Waals surface area contributed by atoms with Crippen LogP contribution in [0.15, 0.2) is 29.6 Å². The minimum Gasteiger partial charge on any atom is -0.372 e. The topological polar surface area (TPSA) is 35.2 Å². The number of ether oxygens (including phenoxy) is 1. The van der Waals surface area contributed by atoms with Crippen LogP contribution in [0.1, 0.15) is 31.2 Å². The molecule has 1 heterocycles. The fraction of sp³-hybridized carbons (Fsp3) is 0.467. The van der Waals surface area contributed by atoms with Crippen LogP contribution in [-0.2, 0) is 11.3 Å². The highest BCUT2D eigenvalue weighted by atomic mass is 32.1. The van der Waals surface area contributed by atoms with Gasteiger partial charge in [-0.25, -0.2) is 0 Å². The lowest BCUT2D eigenvalue weighted by atomic mass is 9.93. The van der Waals surface area contributed by atoms with Gasteiger partial charge in [0.25, 0.3) is 0 Å². The molecule has 3 heteroatoms. The maximum atomic E-state index is 6.11. The summed E-state index contributed by atoms with van der Waals surface area (Å²) in [4.78, 5) is 0. The van der Waals surface area contributed by atoms with Crippen LogP contribution < -0.4 is 5.73 Å². The molecular formula is C15H19NOS. The average molecular weight is 261 g/mol. The van der Waals surface area contributed by atoms with Gasteiger partial charge in [-0.2, -0.15) is 0 Å². The van der Waals surface area contributed by atoms with Gasteiger partial charge < -0.3 is 10.5 Å². The molecule has 0 spiro atoms. The number of thiophene rings is 1. The Morgan fingerprint density at radius 1 is 1.22 bits per heavy atom. The fourth-order valence-electron chi connectivity index (χ4n) is 2.67. The van der Waals surface area contributed by atoms with E-state index in [2.05, 4.69) is 29.6 Å². The first-order valence-corrected chi connectivity index (χ1v) is 7.55. The van der Waals surface area contributed by atoms with Gasteiger partial charge in [0, 0.05) is 10.7 Å². The molecule has 96 valence electrons. The maximum Gasteiger partial charge on any atom is 0.0735 e. The van der Waals surface area contributed by atoms with Crippen LogP contribution in [0.25, 0.3) is 10.1 Å². The molecule has 1 aliphatic rings. The summed E-state index contributed by atoms with van der Waals surface area (Å²) in [5.74, 6) is 0. The maximum absolute atomic E-state index is 6.11. The number of rotatable bonds is 3. The SMILES string of the molecule is NC1CCCCC1OCc1csc2ccccc12. The second kappa shape index (κ2) is 5.39. The smallest absolute Gasteiger partial charge is 0.0735 e. The Bertz CT molecular complexity index is 522. The minimum atomic E-state index is 0.226. The number of fused-ring (bicyclic) bond motifs is 1. The van der Waals surface area contributed by atoms with Crippen molar-refractivity contribution in [3.8, 4) is 0 Å². The molecule has 1 fully saturated rings. The highest BCUT2D eigenvalue weighted by molar-refractivity contribution is 7.17. The third-order valence-corrected chi connectivity index (χ3v) is 4.78. The number of benzene rings is 1. The molecular weight excluding hydrogens is 242 g/mol. The normalized spacial score (nSPS) is 24.5. The van der Waals surface area contributed by atoms with Crippen LogP contribution in [0, 0.1) is 0 Å². The van der Waals surface area contributed by atoms with E-state index in [4.69, 9.17) is 10.5 Å². The molecule has 0 bridgehead atoms. The summed E-state index contributed by atoms with van der Waals surface area (Å²) in [7, 11) is 0. The summed E-state index contributed by atoms with van der Waals surface area (Å²) in [5.41, 5.74) is 7.41. The number of hydrogen-bond donors (Lipinski definition) is 1. The highest BCUT2D eigenvalue weighted by Gasteiger charge is 2.22. The molecule has 0 amide bonds. The van der Waals surface area contributed by atoms with Crippen molar-refractivity contribution in [1.29, 1.82) is 0 Å². The summed E-state index contributed by atoms with van der Waals surface area (Å²) in [5, 5.41) is 3.53. The Morgan fingerprint density at radius 3 is 2.94 bits per heavy atom. The molecule has 1 aromatic carbocycles. The molecule has 2 aromatic rings. The zero-order chi connectivity index (χ0) is 12.4. The lowest BCUT2D eigenvalue weighted by molar-refractivity contribution is 0.00466. The van der Waals surface area contributed by atoms with Crippen molar-refractivity contribution in [1.82, 2.24) is 0 Å². The first-order chi connectivity index (χ1) is 8.84. The Hall–Kier alpha value is -0.900. The molecule has 0 radical (unpaired) electrons. The predicted octanol–water partition coefficient (Wildman–Crippen LogP) is 3.69. The molecule has 2 N–H and O–H groups in total. The molecule has 0 aliphatic heterocycles. The van der Waals surface area contributed by atoms with Crippen LogP contribution in [0.4, 0.5) is 0 Å². The number of hydrogen-bond acceptors (Lipinski definition) is 3. The molecule has 2 unspecified atom stereocenters. The van der Waals surface area contributed by atoms with Gasteiger partial charge in [0.1, 0.15) is 0 Å². The molecule has 1 aliphatic carbocycles. The molecule has 18 heavy (non-hydrogen) atoms. The molecule has 1 saturated carbocycles. The fourth-order valence-corrected chi connectivity index (χ4v) is 3.62. The molecule has 0 saturated heterocycles. The largest absolute Gasteiger partial charge is 0.372 e. The van der Waals surface area contributed by atoms with Crippen LogP contribution >= 0.6 is 11.3 Å². The summed E-state index contributed by atoms with van der Waals surface area (Å²) >= 11 is 1.79. The van der Waals surface area contributed by atoms with Crippen molar-refractivity contribution >= 4 is 21.4 Å². The lowest BCUT2D eigenvalue weighted by Crippen LogP contribution is -2.39. The summed E-state index contributed by atoms with van der Waals surface area (Å²) < 4.78 is 7.37. The monoisotopic (exact) mass is 261 g/mol. The van der Waals surface area contributed by atoms with Gasteiger partial charge in [-0.05, 0) is 35.2 Å². The van der Waals surface area contributed by atoms with E-state index in [1.165, 1.54) is 28.5 Å². The Morgan fingerprint density at radius 2 is 2.06 bits per heavy atom. The third-order valence-electron chi connectivity index (χ3n) is 3.77. The van der Waals surface area contributed by atoms with E-state index in [9.17, 15) is 0 Å². The Kier molecular flexibility index (Phi) is 3.64. The first-order valence-electron chi connectivity index (χ1n) is 6.67. The van der Waals surface area contributed by atoms with E-state index in [0.29, 0.717) is 6.61 Å². The van der Waals surface area contributed by atoms with Crippen molar-refractivity contribution < 1.29 is 4.74 Å². The van der Waals surface area contributed by atoms with Crippen molar-refractivity contribution in [2.24, 2.45) is 5.73 Å². The first kappa shape index (κ1) is 12.2. The van der Waals surface area contributed by atoms with Crippen molar-refractivity contribution in [3.63, 3.8) is 0 Å². The van der Waals surface area contributed by atoms with Gasteiger partial charge in [0.2, 0.25) is 0 Å². The minimum absolute atomic E-state index is 0.226. The molecule has 3 rings (SSSR count). The molecule has 2 nitrogen and oxygen atoms in total. The van der Waals surface area contributed by atoms with Gasteiger partial charge in [0.05, 0.1) is 12.7 Å². The van der Waals surface area contributed by atoms with Gasteiger partial charge >= 0.3 is 0 Å². The van der Waals surface area contributed by atoms with Crippen molar-refractivity contribution in [3.05, 3.63) is 35.2 Å². The van der Waals surface area contributed by atoms with Gasteiger partial charge in [-0.3, -0.25) is 0 Å².